The van der Waals surface area contributed by atoms with Crippen molar-refractivity contribution in [2.24, 2.45) is 0 Å². The molecule has 0 spiro atoms. The van der Waals surface area contributed by atoms with E-state index in [1.165, 1.54) is 21.5 Å². The van der Waals surface area contributed by atoms with E-state index in [-0.39, 0.29) is 14.9 Å². The Kier molecular flexibility index (Phi) is 10.5. The average molecular weight is 336 g/mol. The van der Waals surface area contributed by atoms with Gasteiger partial charge in [-0.05, 0) is 0 Å². The summed E-state index contributed by atoms with van der Waals surface area (Å²) in [6, 6.07) is 29.3. The number of fused-ring (bicyclic) bond motifs is 2. The minimum absolute atomic E-state index is 0. The zero-order valence-electron chi connectivity index (χ0n) is 13.1. The molecule has 0 aliphatic rings. The van der Waals surface area contributed by atoms with Crippen LogP contribution in [-0.4, -0.2) is 7.63 Å². The molecule has 2 radical (unpaired) electrons. The van der Waals surface area contributed by atoms with Gasteiger partial charge < -0.3 is 14.9 Å². The van der Waals surface area contributed by atoms with Crippen molar-refractivity contribution in [3.63, 3.8) is 0 Å². The van der Waals surface area contributed by atoms with Crippen LogP contribution in [0.1, 0.15) is 0 Å². The smallest absolute Gasteiger partial charge is 0.0809 e. The summed E-state index contributed by atoms with van der Waals surface area (Å²) in [5, 5.41) is 5.32. The van der Waals surface area contributed by atoms with Crippen LogP contribution in [0.4, 0.5) is 0 Å². The maximum atomic E-state index is 2.97. The minimum atomic E-state index is 0. The second-order valence-corrected chi connectivity index (χ2v) is 4.31. The van der Waals surface area contributed by atoms with Crippen molar-refractivity contribution in [3.8, 4) is 0 Å². The van der Waals surface area contributed by atoms with Gasteiger partial charge in [0.2, 0.25) is 0 Å². The third-order valence-electron chi connectivity index (χ3n) is 3.10. The van der Waals surface area contributed by atoms with Crippen molar-refractivity contribution < 1.29 is 19.2 Å². The normalized spacial score (nSPS) is 8.50. The van der Waals surface area contributed by atoms with Gasteiger partial charge in [0.1, 0.15) is 0 Å². The van der Waals surface area contributed by atoms with Gasteiger partial charge in [0, 0.05) is 0 Å². The van der Waals surface area contributed by atoms with Gasteiger partial charge in [-0.1, -0.05) is 12.1 Å². The fourth-order valence-electron chi connectivity index (χ4n) is 2.14. The molecule has 0 aliphatic heterocycles. The Morgan fingerprint density at radius 3 is 1.32 bits per heavy atom. The Labute approximate surface area is 147 Å². The second kappa shape index (κ2) is 11.2. The molecule has 0 saturated heterocycles. The molecular weight excluding hydrogens is 316 g/mol. The van der Waals surface area contributed by atoms with Crippen molar-refractivity contribution in [2.45, 2.75) is 0 Å². The first-order valence-electron chi connectivity index (χ1n) is 6.39. The topological polar surface area (TPSA) is 0 Å². The number of hydrogen-bond acceptors (Lipinski definition) is 0. The van der Waals surface area contributed by atoms with Crippen LogP contribution in [-0.2, 0) is 19.2 Å². The van der Waals surface area contributed by atoms with Gasteiger partial charge in [0.05, 0.1) is 0 Å². The molecule has 4 aromatic carbocycles. The Morgan fingerprint density at radius 1 is 0.591 bits per heavy atom. The van der Waals surface area contributed by atoms with E-state index in [0.29, 0.717) is 0 Å². The molecule has 4 rings (SSSR count). The summed E-state index contributed by atoms with van der Waals surface area (Å²) in [5.74, 6) is 0. The summed E-state index contributed by atoms with van der Waals surface area (Å²) in [6.07, 6.45) is 0. The Balaban J connectivity index is 0.000000334. The predicted molar refractivity (Wildman–Crippen MR) is 97.7 cm³/mol. The van der Waals surface area contributed by atoms with Gasteiger partial charge >= 0.3 is 26.8 Å². The molecule has 2 heteroatoms. The van der Waals surface area contributed by atoms with Crippen molar-refractivity contribution in [1.82, 2.24) is 0 Å². The van der Waals surface area contributed by atoms with Gasteiger partial charge in [-0.3, -0.25) is 0 Å². The quantitative estimate of drug-likeness (QED) is 0.288. The van der Waals surface area contributed by atoms with E-state index in [0.717, 1.165) is 0 Å². The van der Waals surface area contributed by atoms with Crippen molar-refractivity contribution in [1.29, 1.82) is 0 Å². The van der Waals surface area contributed by atoms with E-state index in [1.807, 2.05) is 0 Å². The zero-order valence-corrected chi connectivity index (χ0v) is 15.6. The molecule has 0 bridgehead atoms. The van der Waals surface area contributed by atoms with Crippen LogP contribution in [0.5, 0.6) is 0 Å². The van der Waals surface area contributed by atoms with Crippen LogP contribution in [0.2, 0.25) is 0 Å². The SMILES string of the molecule is [CH3-].[CH3-].[Si]=[Ti].c1ccc2[cH-]ccc2c1.c1ccc2[cH-]ccc2c1. The molecular formula is C20H20SiTi-4. The fraction of sp³-hybridized carbons (Fsp3) is 0. The maximum absolute atomic E-state index is 2.97. The Morgan fingerprint density at radius 2 is 0.955 bits per heavy atom. The summed E-state index contributed by atoms with van der Waals surface area (Å²) in [6.45, 7) is 0. The third-order valence-corrected chi connectivity index (χ3v) is 3.10. The predicted octanol–water partition coefficient (Wildman–Crippen LogP) is 5.63. The summed E-state index contributed by atoms with van der Waals surface area (Å²) >= 11 is 1.81. The van der Waals surface area contributed by atoms with Crippen LogP contribution in [0.15, 0.2) is 84.9 Å². The minimum Gasteiger partial charge on any atom is -0.168 e. The maximum Gasteiger partial charge on any atom is -0.0809 e. The number of rotatable bonds is 0. The first kappa shape index (κ1) is 20.6. The van der Waals surface area contributed by atoms with E-state index >= 15 is 0 Å². The Bertz CT molecular complexity index is 641. The Hall–Kier alpha value is -1.41. The van der Waals surface area contributed by atoms with Gasteiger partial charge in [-0.15, -0.1) is 59.3 Å². The third kappa shape index (κ3) is 5.42. The molecule has 0 atom stereocenters. The van der Waals surface area contributed by atoms with Gasteiger partial charge in [0.25, 0.3) is 0 Å². The van der Waals surface area contributed by atoms with Crippen LogP contribution in [0, 0.1) is 14.9 Å². The molecule has 4 aromatic rings. The molecule has 0 fully saturated rings. The zero-order chi connectivity index (χ0) is 14.2. The van der Waals surface area contributed by atoms with Crippen LogP contribution in [0.3, 0.4) is 0 Å². The first-order chi connectivity index (χ1) is 9.93. The van der Waals surface area contributed by atoms with Gasteiger partial charge in [-0.2, -0.15) is 35.0 Å². The summed E-state index contributed by atoms with van der Waals surface area (Å²) in [7, 11) is 2.97. The van der Waals surface area contributed by atoms with E-state index in [4.69, 9.17) is 0 Å². The van der Waals surface area contributed by atoms with Gasteiger partial charge in [-0.25, -0.2) is 0 Å². The monoisotopic (exact) mass is 336 g/mol. The number of hydrogen-bond donors (Lipinski definition) is 0. The summed E-state index contributed by atoms with van der Waals surface area (Å²) in [5.41, 5.74) is 0. The molecule has 0 saturated carbocycles. The van der Waals surface area contributed by atoms with Crippen LogP contribution in [0.25, 0.3) is 21.5 Å². The summed E-state index contributed by atoms with van der Waals surface area (Å²) in [4.78, 5) is 0. The second-order valence-electron chi connectivity index (χ2n) is 4.31. The molecule has 0 unspecified atom stereocenters. The molecule has 0 heterocycles. The van der Waals surface area contributed by atoms with Crippen molar-refractivity contribution in [2.75, 3.05) is 0 Å². The number of benzene rings is 2. The molecule has 0 amide bonds. The van der Waals surface area contributed by atoms with Crippen molar-refractivity contribution >= 4 is 29.2 Å². The van der Waals surface area contributed by atoms with Gasteiger partial charge in [0.15, 0.2) is 0 Å². The largest absolute Gasteiger partial charge is 0.168 e. The van der Waals surface area contributed by atoms with E-state index in [2.05, 4.69) is 92.6 Å². The van der Waals surface area contributed by atoms with Crippen molar-refractivity contribution in [3.05, 3.63) is 99.8 Å². The van der Waals surface area contributed by atoms with E-state index in [9.17, 15) is 0 Å². The molecule has 112 valence electrons. The molecule has 0 aromatic heterocycles. The van der Waals surface area contributed by atoms with E-state index < -0.39 is 0 Å². The standard InChI is InChI=1S/2C9H7.2CH3.Si.Ti/c2*1-2-5-9-7-3-6-8(9)4-1;;;;/h2*1-7H;2*1H3;;/q4*-1;;. The van der Waals surface area contributed by atoms with E-state index in [1.54, 1.807) is 19.2 Å². The van der Waals surface area contributed by atoms with Crippen LogP contribution >= 0.6 is 0 Å². The molecule has 0 nitrogen and oxygen atoms in total. The fourth-order valence-corrected chi connectivity index (χ4v) is 2.14. The summed E-state index contributed by atoms with van der Waals surface area (Å²) < 4.78 is 0. The molecule has 0 N–H and O–H groups in total. The average Bonchev–Trinajstić information content (AvgIpc) is 3.18. The molecule has 22 heavy (non-hydrogen) atoms. The van der Waals surface area contributed by atoms with Crippen LogP contribution < -0.4 is 0 Å². The first-order valence-corrected chi connectivity index (χ1v) is 9.24. The molecule has 0 aliphatic carbocycles.